The lowest BCUT2D eigenvalue weighted by Gasteiger charge is -2.31. The van der Waals surface area contributed by atoms with Crippen LogP contribution in [-0.4, -0.2) is 38.2 Å². The first-order valence-corrected chi connectivity index (χ1v) is 8.25. The van der Waals surface area contributed by atoms with Crippen LogP contribution in [0.4, 0.5) is 0 Å². The fraction of sp³-hybridized carbons (Fsp3) is 0.429. The summed E-state index contributed by atoms with van der Waals surface area (Å²) in [7, 11) is -3.85. The topological polar surface area (TPSA) is 83.6 Å². The summed E-state index contributed by atoms with van der Waals surface area (Å²) in [4.78, 5) is 25.1. The van der Waals surface area contributed by atoms with Gasteiger partial charge in [0.25, 0.3) is 10.0 Å². The fourth-order valence-corrected chi connectivity index (χ4v) is 3.42. The number of likely N-dealkylation sites (tertiary alicyclic amines) is 1. The number of benzene rings is 1. The molecule has 0 spiro atoms. The van der Waals surface area contributed by atoms with Gasteiger partial charge in [0.2, 0.25) is 11.8 Å². The third-order valence-electron chi connectivity index (χ3n) is 3.53. The Balaban J connectivity index is 2.06. The smallest absolute Gasteiger partial charge is 0.264 e. The van der Waals surface area contributed by atoms with Gasteiger partial charge in [0.05, 0.1) is 10.8 Å². The summed E-state index contributed by atoms with van der Waals surface area (Å²) in [6, 6.07) is 7.75. The predicted octanol–water partition coefficient (Wildman–Crippen LogP) is 0.750. The molecule has 1 aliphatic rings. The zero-order valence-corrected chi connectivity index (χ0v) is 12.6. The zero-order valence-electron chi connectivity index (χ0n) is 11.8. The number of piperidine rings is 1. The largest absolute Gasteiger partial charge is 0.342 e. The van der Waals surface area contributed by atoms with Gasteiger partial charge in [-0.05, 0) is 25.0 Å². The normalized spacial score (nSPS) is 19.1. The van der Waals surface area contributed by atoms with Gasteiger partial charge in [-0.25, -0.2) is 13.1 Å². The fourth-order valence-electron chi connectivity index (χ4n) is 2.35. The molecule has 7 heteroatoms. The molecule has 1 atom stereocenters. The maximum absolute atomic E-state index is 12.1. The molecule has 1 saturated heterocycles. The number of rotatable bonds is 3. The van der Waals surface area contributed by atoms with E-state index in [-0.39, 0.29) is 17.3 Å². The van der Waals surface area contributed by atoms with Crippen LogP contribution in [0.3, 0.4) is 0 Å². The summed E-state index contributed by atoms with van der Waals surface area (Å²) in [5, 5.41) is 0. The number of hydrogen-bond acceptors (Lipinski definition) is 4. The van der Waals surface area contributed by atoms with Crippen LogP contribution in [0.25, 0.3) is 0 Å². The number of nitrogens with one attached hydrogen (secondary N) is 1. The van der Waals surface area contributed by atoms with Crippen LogP contribution in [0.1, 0.15) is 19.8 Å². The Morgan fingerprint density at radius 1 is 1.24 bits per heavy atom. The second kappa shape index (κ2) is 6.26. The highest BCUT2D eigenvalue weighted by atomic mass is 32.2. The van der Waals surface area contributed by atoms with Crippen molar-refractivity contribution in [1.29, 1.82) is 0 Å². The molecule has 1 aromatic carbocycles. The number of carbonyl (C=O) groups is 2. The van der Waals surface area contributed by atoms with E-state index >= 15 is 0 Å². The van der Waals surface area contributed by atoms with Crippen molar-refractivity contribution in [2.75, 3.05) is 13.1 Å². The van der Waals surface area contributed by atoms with Crippen molar-refractivity contribution in [2.24, 2.45) is 5.92 Å². The van der Waals surface area contributed by atoms with Crippen LogP contribution < -0.4 is 4.72 Å². The monoisotopic (exact) mass is 310 g/mol. The molecule has 0 radical (unpaired) electrons. The molecule has 1 heterocycles. The van der Waals surface area contributed by atoms with Crippen LogP contribution in [-0.2, 0) is 19.6 Å². The Morgan fingerprint density at radius 2 is 1.90 bits per heavy atom. The molecule has 1 unspecified atom stereocenters. The van der Waals surface area contributed by atoms with Gasteiger partial charge in [0.1, 0.15) is 0 Å². The first-order chi connectivity index (χ1) is 9.90. The highest BCUT2D eigenvalue weighted by molar-refractivity contribution is 7.90. The Bertz CT molecular complexity index is 628. The van der Waals surface area contributed by atoms with Gasteiger partial charge >= 0.3 is 0 Å². The van der Waals surface area contributed by atoms with Gasteiger partial charge in [-0.2, -0.15) is 0 Å². The average Bonchev–Trinajstić information content (AvgIpc) is 2.48. The molecule has 0 bridgehead atoms. The predicted molar refractivity (Wildman–Crippen MR) is 76.7 cm³/mol. The quantitative estimate of drug-likeness (QED) is 0.893. The van der Waals surface area contributed by atoms with E-state index in [9.17, 15) is 18.0 Å². The molecule has 1 aromatic rings. The molecule has 0 aromatic heterocycles. The van der Waals surface area contributed by atoms with Gasteiger partial charge < -0.3 is 4.90 Å². The Labute approximate surface area is 124 Å². The minimum atomic E-state index is -3.85. The van der Waals surface area contributed by atoms with Gasteiger partial charge in [0, 0.05) is 20.0 Å². The summed E-state index contributed by atoms with van der Waals surface area (Å²) in [5.41, 5.74) is 0. The van der Waals surface area contributed by atoms with Gasteiger partial charge in [-0.3, -0.25) is 9.59 Å². The molecule has 6 nitrogen and oxygen atoms in total. The number of sulfonamides is 1. The molecule has 1 aliphatic heterocycles. The van der Waals surface area contributed by atoms with Gasteiger partial charge in [-0.15, -0.1) is 0 Å². The first kappa shape index (κ1) is 15.5. The summed E-state index contributed by atoms with van der Waals surface area (Å²) in [6.07, 6.45) is 1.28. The van der Waals surface area contributed by atoms with Gasteiger partial charge in [-0.1, -0.05) is 18.2 Å². The van der Waals surface area contributed by atoms with E-state index in [1.807, 2.05) is 0 Å². The SMILES string of the molecule is CC(=O)N1CCCC(C(=O)NS(=O)(=O)c2ccccc2)C1. The Morgan fingerprint density at radius 3 is 2.52 bits per heavy atom. The van der Waals surface area contributed by atoms with E-state index in [0.717, 1.165) is 0 Å². The van der Waals surface area contributed by atoms with E-state index in [4.69, 9.17) is 0 Å². The van der Waals surface area contributed by atoms with Crippen molar-refractivity contribution in [3.8, 4) is 0 Å². The molecule has 1 N–H and O–H groups in total. The van der Waals surface area contributed by atoms with Gasteiger partial charge in [0.15, 0.2) is 0 Å². The van der Waals surface area contributed by atoms with Crippen molar-refractivity contribution in [3.63, 3.8) is 0 Å². The zero-order chi connectivity index (χ0) is 15.5. The molecule has 0 aliphatic carbocycles. The molecule has 2 rings (SSSR count). The lowest BCUT2D eigenvalue weighted by atomic mass is 9.97. The third-order valence-corrected chi connectivity index (χ3v) is 4.89. The molecular formula is C14H18N2O4S. The highest BCUT2D eigenvalue weighted by Crippen LogP contribution is 2.18. The van der Waals surface area contributed by atoms with Crippen molar-refractivity contribution in [1.82, 2.24) is 9.62 Å². The van der Waals surface area contributed by atoms with E-state index in [0.29, 0.717) is 19.4 Å². The lowest BCUT2D eigenvalue weighted by Crippen LogP contribution is -2.46. The summed E-state index contributed by atoms with van der Waals surface area (Å²) in [6.45, 7) is 2.33. The van der Waals surface area contributed by atoms with Crippen molar-refractivity contribution >= 4 is 21.8 Å². The molecule has 21 heavy (non-hydrogen) atoms. The maximum atomic E-state index is 12.1. The molecule has 114 valence electrons. The molecule has 2 amide bonds. The second-order valence-corrected chi connectivity index (χ2v) is 6.77. The van der Waals surface area contributed by atoms with E-state index in [1.54, 1.807) is 23.1 Å². The summed E-state index contributed by atoms with van der Waals surface area (Å²) in [5.74, 6) is -1.13. The van der Waals surface area contributed by atoms with E-state index < -0.39 is 21.8 Å². The molecule has 0 saturated carbocycles. The third kappa shape index (κ3) is 3.81. The van der Waals surface area contributed by atoms with Crippen molar-refractivity contribution in [3.05, 3.63) is 30.3 Å². The van der Waals surface area contributed by atoms with Crippen LogP contribution in [0.15, 0.2) is 35.2 Å². The number of carbonyl (C=O) groups excluding carboxylic acids is 2. The number of nitrogens with zero attached hydrogens (tertiary/aromatic N) is 1. The molecular weight excluding hydrogens is 292 g/mol. The summed E-state index contributed by atoms with van der Waals surface area (Å²) >= 11 is 0. The van der Waals surface area contributed by atoms with E-state index in [2.05, 4.69) is 4.72 Å². The minimum absolute atomic E-state index is 0.0533. The van der Waals surface area contributed by atoms with Crippen LogP contribution in [0.2, 0.25) is 0 Å². The van der Waals surface area contributed by atoms with Crippen LogP contribution in [0, 0.1) is 5.92 Å². The number of amides is 2. The Hall–Kier alpha value is -1.89. The maximum Gasteiger partial charge on any atom is 0.264 e. The van der Waals surface area contributed by atoms with E-state index in [1.165, 1.54) is 19.1 Å². The standard InChI is InChI=1S/C14H18N2O4S/c1-11(17)16-9-5-6-12(10-16)14(18)15-21(19,20)13-7-3-2-4-8-13/h2-4,7-8,12H,5-6,9-10H2,1H3,(H,15,18). The summed E-state index contributed by atoms with van der Waals surface area (Å²) < 4.78 is 26.3. The lowest BCUT2D eigenvalue weighted by molar-refractivity contribution is -0.133. The minimum Gasteiger partial charge on any atom is -0.342 e. The second-order valence-electron chi connectivity index (χ2n) is 5.09. The number of hydrogen-bond donors (Lipinski definition) is 1. The van der Waals surface area contributed by atoms with Crippen molar-refractivity contribution < 1.29 is 18.0 Å². The van der Waals surface area contributed by atoms with Crippen LogP contribution in [0.5, 0.6) is 0 Å². The highest BCUT2D eigenvalue weighted by Gasteiger charge is 2.29. The van der Waals surface area contributed by atoms with Crippen LogP contribution >= 0.6 is 0 Å². The first-order valence-electron chi connectivity index (χ1n) is 6.77. The van der Waals surface area contributed by atoms with Crippen molar-refractivity contribution in [2.45, 2.75) is 24.7 Å². The Kier molecular flexibility index (Phi) is 4.62. The average molecular weight is 310 g/mol. The molecule has 1 fully saturated rings.